The molecule has 1 aromatic carbocycles. The van der Waals surface area contributed by atoms with Crippen molar-refractivity contribution in [2.75, 3.05) is 18.5 Å². The molecule has 6 heteroatoms. The maximum Gasteiger partial charge on any atom is 0.246 e. The van der Waals surface area contributed by atoms with Crippen molar-refractivity contribution >= 4 is 17.5 Å². The molecule has 126 valence electrons. The molecule has 0 aliphatic carbocycles. The molecule has 2 amide bonds. The molecular weight excluding hydrogens is 296 g/mol. The van der Waals surface area contributed by atoms with E-state index in [0.29, 0.717) is 30.4 Å². The third-order valence-electron chi connectivity index (χ3n) is 3.44. The Morgan fingerprint density at radius 3 is 2.43 bits per heavy atom. The third-order valence-corrected chi connectivity index (χ3v) is 3.44. The van der Waals surface area contributed by atoms with Gasteiger partial charge < -0.3 is 20.1 Å². The summed E-state index contributed by atoms with van der Waals surface area (Å²) in [6.07, 6.45) is 0.826. The van der Waals surface area contributed by atoms with Gasteiger partial charge in [0.1, 0.15) is 6.04 Å². The van der Waals surface area contributed by atoms with Crippen molar-refractivity contribution in [2.24, 2.45) is 5.41 Å². The van der Waals surface area contributed by atoms with E-state index >= 15 is 0 Å². The van der Waals surface area contributed by atoms with Crippen LogP contribution in [0.5, 0.6) is 11.5 Å². The number of anilines is 1. The van der Waals surface area contributed by atoms with Crippen LogP contribution in [0.1, 0.15) is 34.1 Å². The Hall–Kier alpha value is -2.24. The lowest BCUT2D eigenvalue weighted by molar-refractivity contribution is -0.131. The van der Waals surface area contributed by atoms with Crippen molar-refractivity contribution in [1.82, 2.24) is 5.32 Å². The minimum Gasteiger partial charge on any atom is -0.490 e. The molecular formula is C17H24N2O4. The number of carbonyl (C=O) groups excluding carboxylic acids is 2. The van der Waals surface area contributed by atoms with Crippen molar-refractivity contribution in [1.29, 1.82) is 0 Å². The van der Waals surface area contributed by atoms with Gasteiger partial charge in [-0.1, -0.05) is 20.8 Å². The van der Waals surface area contributed by atoms with Crippen LogP contribution in [-0.2, 0) is 9.59 Å². The molecule has 0 saturated carbocycles. The zero-order chi connectivity index (χ0) is 17.0. The monoisotopic (exact) mass is 320 g/mol. The standard InChI is InChI=1S/C17H24N2O4/c1-11(18-16(21)17(2,3)4)15(20)19-12-6-7-13-14(10-12)23-9-5-8-22-13/h6-7,10-11H,5,8-9H2,1-4H3,(H,18,21)(H,19,20). The fourth-order valence-electron chi connectivity index (χ4n) is 1.97. The number of nitrogens with one attached hydrogen (secondary N) is 2. The Bertz CT molecular complexity index is 593. The van der Waals surface area contributed by atoms with Gasteiger partial charge in [-0.3, -0.25) is 9.59 Å². The van der Waals surface area contributed by atoms with E-state index < -0.39 is 11.5 Å². The van der Waals surface area contributed by atoms with Gasteiger partial charge in [0, 0.05) is 23.6 Å². The molecule has 1 atom stereocenters. The summed E-state index contributed by atoms with van der Waals surface area (Å²) in [6, 6.07) is 4.63. The second kappa shape index (κ2) is 6.89. The number of ether oxygens (including phenoxy) is 2. The van der Waals surface area contributed by atoms with Gasteiger partial charge in [0.25, 0.3) is 0 Å². The Balaban J connectivity index is 2.00. The first-order chi connectivity index (χ1) is 10.8. The zero-order valence-corrected chi connectivity index (χ0v) is 14.1. The van der Waals surface area contributed by atoms with Crippen molar-refractivity contribution in [3.05, 3.63) is 18.2 Å². The molecule has 0 radical (unpaired) electrons. The van der Waals surface area contributed by atoms with Crippen LogP contribution >= 0.6 is 0 Å². The maximum atomic E-state index is 12.2. The topological polar surface area (TPSA) is 76.7 Å². The predicted octanol–water partition coefficient (Wildman–Crippen LogP) is 2.34. The maximum absolute atomic E-state index is 12.2. The fraction of sp³-hybridized carbons (Fsp3) is 0.529. The summed E-state index contributed by atoms with van der Waals surface area (Å²) in [5.74, 6) is 0.845. The molecule has 0 spiro atoms. The number of carbonyl (C=O) groups is 2. The van der Waals surface area contributed by atoms with Crippen LogP contribution in [0.15, 0.2) is 18.2 Å². The first kappa shape index (κ1) is 17.1. The van der Waals surface area contributed by atoms with E-state index in [1.54, 1.807) is 45.9 Å². The van der Waals surface area contributed by atoms with Gasteiger partial charge in [0.15, 0.2) is 11.5 Å². The summed E-state index contributed by atoms with van der Waals surface area (Å²) >= 11 is 0. The Morgan fingerprint density at radius 1 is 1.13 bits per heavy atom. The average molecular weight is 320 g/mol. The van der Waals surface area contributed by atoms with Crippen molar-refractivity contribution in [2.45, 2.75) is 40.2 Å². The highest BCUT2D eigenvalue weighted by Crippen LogP contribution is 2.32. The van der Waals surface area contributed by atoms with Gasteiger partial charge in [0.2, 0.25) is 11.8 Å². The van der Waals surface area contributed by atoms with Crippen LogP contribution in [0.25, 0.3) is 0 Å². The first-order valence-corrected chi connectivity index (χ1v) is 7.79. The van der Waals surface area contributed by atoms with Gasteiger partial charge in [-0.2, -0.15) is 0 Å². The Kier molecular flexibility index (Phi) is 5.13. The molecule has 1 heterocycles. The van der Waals surface area contributed by atoms with Gasteiger partial charge in [-0.05, 0) is 19.1 Å². The minimum absolute atomic E-state index is 0.168. The Labute approximate surface area is 136 Å². The molecule has 0 fully saturated rings. The molecule has 1 aliphatic heterocycles. The molecule has 1 aliphatic rings. The van der Waals surface area contributed by atoms with E-state index in [2.05, 4.69) is 10.6 Å². The van der Waals surface area contributed by atoms with E-state index in [4.69, 9.17) is 9.47 Å². The second-order valence-corrected chi connectivity index (χ2v) is 6.65. The van der Waals surface area contributed by atoms with E-state index in [0.717, 1.165) is 6.42 Å². The van der Waals surface area contributed by atoms with Gasteiger partial charge in [-0.25, -0.2) is 0 Å². The third kappa shape index (κ3) is 4.61. The van der Waals surface area contributed by atoms with Crippen LogP contribution in [0.2, 0.25) is 0 Å². The molecule has 6 nitrogen and oxygen atoms in total. The molecule has 23 heavy (non-hydrogen) atoms. The Morgan fingerprint density at radius 2 is 1.78 bits per heavy atom. The van der Waals surface area contributed by atoms with Crippen molar-refractivity contribution in [3.8, 4) is 11.5 Å². The van der Waals surface area contributed by atoms with E-state index in [9.17, 15) is 9.59 Å². The first-order valence-electron chi connectivity index (χ1n) is 7.79. The van der Waals surface area contributed by atoms with Crippen LogP contribution in [0, 0.1) is 5.41 Å². The van der Waals surface area contributed by atoms with Crippen LogP contribution in [0.3, 0.4) is 0 Å². The van der Waals surface area contributed by atoms with Crippen molar-refractivity contribution < 1.29 is 19.1 Å². The summed E-state index contributed by atoms with van der Waals surface area (Å²) in [7, 11) is 0. The molecule has 1 aromatic rings. The van der Waals surface area contributed by atoms with Crippen molar-refractivity contribution in [3.63, 3.8) is 0 Å². The van der Waals surface area contributed by atoms with E-state index in [1.165, 1.54) is 0 Å². The molecule has 0 bridgehead atoms. The largest absolute Gasteiger partial charge is 0.490 e. The molecule has 1 unspecified atom stereocenters. The number of hydrogen-bond donors (Lipinski definition) is 2. The van der Waals surface area contributed by atoms with Gasteiger partial charge in [0.05, 0.1) is 13.2 Å². The lowest BCUT2D eigenvalue weighted by Crippen LogP contribution is -2.46. The molecule has 2 N–H and O–H groups in total. The summed E-state index contributed by atoms with van der Waals surface area (Å²) in [5, 5.41) is 5.49. The number of amides is 2. The van der Waals surface area contributed by atoms with E-state index in [1.807, 2.05) is 0 Å². The number of hydrogen-bond acceptors (Lipinski definition) is 4. The summed E-state index contributed by atoms with van der Waals surface area (Å²) in [6.45, 7) is 8.27. The number of fused-ring (bicyclic) bond motifs is 1. The average Bonchev–Trinajstić information content (AvgIpc) is 2.70. The van der Waals surface area contributed by atoms with Crippen LogP contribution < -0.4 is 20.1 Å². The highest BCUT2D eigenvalue weighted by atomic mass is 16.5. The molecule has 2 rings (SSSR count). The summed E-state index contributed by atoms with van der Waals surface area (Å²) in [5.41, 5.74) is 0.0696. The minimum atomic E-state index is -0.627. The smallest absolute Gasteiger partial charge is 0.246 e. The SMILES string of the molecule is CC(NC(=O)C(C)(C)C)C(=O)Nc1ccc2c(c1)OCCCO2. The summed E-state index contributed by atoms with van der Waals surface area (Å²) in [4.78, 5) is 24.1. The van der Waals surface area contributed by atoms with Gasteiger partial charge >= 0.3 is 0 Å². The number of rotatable bonds is 3. The molecule has 0 saturated heterocycles. The highest BCUT2D eigenvalue weighted by molar-refractivity contribution is 5.97. The normalized spacial score (nSPS) is 15.3. The van der Waals surface area contributed by atoms with Crippen LogP contribution in [0.4, 0.5) is 5.69 Å². The highest BCUT2D eigenvalue weighted by Gasteiger charge is 2.25. The zero-order valence-electron chi connectivity index (χ0n) is 14.1. The lowest BCUT2D eigenvalue weighted by Gasteiger charge is -2.21. The van der Waals surface area contributed by atoms with E-state index in [-0.39, 0.29) is 11.8 Å². The second-order valence-electron chi connectivity index (χ2n) is 6.65. The van der Waals surface area contributed by atoms with Gasteiger partial charge in [-0.15, -0.1) is 0 Å². The quantitative estimate of drug-likeness (QED) is 0.896. The fourth-order valence-corrected chi connectivity index (χ4v) is 1.97. The van der Waals surface area contributed by atoms with Crippen LogP contribution in [-0.4, -0.2) is 31.1 Å². The molecule has 0 aromatic heterocycles. The predicted molar refractivity (Wildman–Crippen MR) is 87.7 cm³/mol. The lowest BCUT2D eigenvalue weighted by atomic mass is 9.95. The summed E-state index contributed by atoms with van der Waals surface area (Å²) < 4.78 is 11.1. The number of benzene rings is 1.